The Morgan fingerprint density at radius 3 is 1.52 bits per heavy atom. The molecule has 224 valence electrons. The van der Waals surface area contributed by atoms with Crippen LogP contribution in [0, 0.1) is 0 Å². The second-order valence-electron chi connectivity index (χ2n) is 11.0. The third-order valence-electron chi connectivity index (χ3n) is 7.34. The number of rotatable bonds is 11. The predicted molar refractivity (Wildman–Crippen MR) is 173 cm³/mol. The predicted octanol–water partition coefficient (Wildman–Crippen LogP) is 9.20. The van der Waals surface area contributed by atoms with Gasteiger partial charge in [-0.25, -0.2) is 0 Å². The van der Waals surface area contributed by atoms with Gasteiger partial charge in [-0.1, -0.05) is 0 Å². The summed E-state index contributed by atoms with van der Waals surface area (Å²) in [6, 6.07) is 41.7. The van der Waals surface area contributed by atoms with Gasteiger partial charge in [0.1, 0.15) is 0 Å². The van der Waals surface area contributed by atoms with Crippen molar-refractivity contribution < 1.29 is 38.1 Å². The third-order valence-corrected chi connectivity index (χ3v) is 9.41. The van der Waals surface area contributed by atoms with E-state index < -0.39 is 19.2 Å². The fourth-order valence-corrected chi connectivity index (χ4v) is 6.69. The second-order valence-corrected chi connectivity index (χ2v) is 13.1. The molecule has 1 saturated heterocycles. The van der Waals surface area contributed by atoms with E-state index in [1.807, 2.05) is 44.2 Å². The van der Waals surface area contributed by atoms with Gasteiger partial charge >= 0.3 is 230 Å². The molecule has 0 spiro atoms. The van der Waals surface area contributed by atoms with Gasteiger partial charge in [-0.2, -0.15) is 0 Å². The zero-order chi connectivity index (χ0) is 30.6. The fraction of sp³-hybridized carbons (Fsp3) is 0.231. The molecule has 4 nitrogen and oxygen atoms in total. The first-order valence-electron chi connectivity index (χ1n) is 15.1. The first kappa shape index (κ1) is 31.9. The molecule has 0 aromatic heterocycles. The Balaban J connectivity index is 0.000000484. The van der Waals surface area contributed by atoms with Crippen molar-refractivity contribution in [2.24, 2.45) is 0 Å². The quantitative estimate of drug-likeness (QED) is 0.124. The summed E-state index contributed by atoms with van der Waals surface area (Å²) in [5.74, 6) is 0.553. The van der Waals surface area contributed by atoms with Gasteiger partial charge < -0.3 is 9.47 Å². The standard InChI is InChI=1S/C31H25O2.C5H10O2.C3H5.Ti/c1-5-14-24(15-6-1)30(25-16-7-2-8-17-25)32-28-22-13-23-29(28)33-31(26-18-9-3-10-19-26)27-20-11-4-12-21-27;1-5(2)6-3-4-7-5;1-3-2;/h1-22,29-31H;3-4H2,1-2H3;3H,1-2H2;/t29-;;;/m1.../s1. The summed E-state index contributed by atoms with van der Waals surface area (Å²) in [4.78, 5) is 0. The molecule has 44 heavy (non-hydrogen) atoms. The fourth-order valence-electron chi connectivity index (χ4n) is 5.16. The average molecular weight is 621 g/mol. The van der Waals surface area contributed by atoms with Crippen molar-refractivity contribution in [1.82, 2.24) is 0 Å². The first-order valence-corrected chi connectivity index (χ1v) is 17.0. The molecule has 0 radical (unpaired) electrons. The summed E-state index contributed by atoms with van der Waals surface area (Å²) < 4.78 is 26.4. The van der Waals surface area contributed by atoms with E-state index in [-0.39, 0.29) is 24.1 Å². The number of hydrogen-bond acceptors (Lipinski definition) is 4. The van der Waals surface area contributed by atoms with Crippen LogP contribution in [0.4, 0.5) is 0 Å². The van der Waals surface area contributed by atoms with E-state index in [0.29, 0.717) is 0 Å². The van der Waals surface area contributed by atoms with E-state index in [9.17, 15) is 0 Å². The molecule has 0 saturated carbocycles. The van der Waals surface area contributed by atoms with Gasteiger partial charge in [0, 0.05) is 0 Å². The van der Waals surface area contributed by atoms with Crippen LogP contribution in [0.1, 0.15) is 48.3 Å². The number of allylic oxidation sites excluding steroid dienone is 3. The Labute approximate surface area is 271 Å². The van der Waals surface area contributed by atoms with Crippen LogP contribution in [-0.4, -0.2) is 25.1 Å². The zero-order valence-electron chi connectivity index (χ0n) is 25.5. The van der Waals surface area contributed by atoms with Crippen molar-refractivity contribution in [2.45, 2.75) is 42.7 Å². The van der Waals surface area contributed by atoms with Crippen LogP contribution in [0.3, 0.4) is 0 Å². The molecular formula is C39H40O4Ti. The Hall–Kier alpha value is -3.51. The summed E-state index contributed by atoms with van der Waals surface area (Å²) >= 11 is -0.424. The van der Waals surface area contributed by atoms with Crippen molar-refractivity contribution in [3.05, 3.63) is 178 Å². The maximum Gasteiger partial charge on any atom is 0.162 e. The summed E-state index contributed by atoms with van der Waals surface area (Å²) in [6.07, 6.45) is 5.67. The minimum Gasteiger partial charge on any atom is -0.348 e. The molecule has 0 N–H and O–H groups in total. The van der Waals surface area contributed by atoms with E-state index in [2.05, 4.69) is 116 Å². The van der Waals surface area contributed by atoms with Crippen LogP contribution in [-0.2, 0) is 38.1 Å². The van der Waals surface area contributed by atoms with Crippen molar-refractivity contribution >= 4 is 0 Å². The molecule has 1 atom stereocenters. The van der Waals surface area contributed by atoms with Gasteiger partial charge in [0.05, 0.1) is 13.2 Å². The first-order chi connectivity index (χ1) is 21.5. The topological polar surface area (TPSA) is 36.9 Å². The summed E-state index contributed by atoms with van der Waals surface area (Å²) in [7, 11) is 0. The minimum atomic E-state index is -0.424. The minimum absolute atomic E-state index is 0.205. The van der Waals surface area contributed by atoms with Gasteiger partial charge in [-0.15, -0.1) is 0 Å². The molecule has 1 aliphatic carbocycles. The van der Waals surface area contributed by atoms with E-state index >= 15 is 0 Å². The zero-order valence-corrected chi connectivity index (χ0v) is 27.0. The van der Waals surface area contributed by atoms with E-state index in [1.165, 1.54) is 3.88 Å². The maximum atomic E-state index is 7.01. The maximum absolute atomic E-state index is 7.01. The van der Waals surface area contributed by atoms with Crippen LogP contribution in [0.5, 0.6) is 0 Å². The van der Waals surface area contributed by atoms with E-state index in [1.54, 1.807) is 0 Å². The van der Waals surface area contributed by atoms with Gasteiger partial charge in [0.15, 0.2) is 5.79 Å². The molecule has 0 bridgehead atoms. The molecule has 0 amide bonds. The molecule has 0 unspecified atom stereocenters. The monoisotopic (exact) mass is 620 g/mol. The number of benzene rings is 4. The van der Waals surface area contributed by atoms with Crippen molar-refractivity contribution in [1.29, 1.82) is 0 Å². The Morgan fingerprint density at radius 2 is 1.14 bits per heavy atom. The van der Waals surface area contributed by atoms with Gasteiger partial charge in [-0.3, -0.25) is 0 Å². The second kappa shape index (κ2) is 16.0. The number of hydrogen-bond donors (Lipinski definition) is 0. The van der Waals surface area contributed by atoms with Gasteiger partial charge in [0.2, 0.25) is 0 Å². The van der Waals surface area contributed by atoms with Crippen LogP contribution < -0.4 is 0 Å². The molecule has 6 rings (SSSR count). The third kappa shape index (κ3) is 8.78. The van der Waals surface area contributed by atoms with Crippen molar-refractivity contribution in [3.8, 4) is 0 Å². The van der Waals surface area contributed by atoms with Crippen LogP contribution in [0.25, 0.3) is 0 Å². The van der Waals surface area contributed by atoms with Gasteiger partial charge in [0.25, 0.3) is 0 Å². The average Bonchev–Trinajstić information content (AvgIpc) is 3.67. The SMILES string of the molecule is C=C[CH2][Ti][C]1=CC=C(OC(c2ccccc2)c2ccccc2)[C@@H]1OC(c1ccccc1)c1ccccc1.CC1(C)OCCO1. The Kier molecular flexibility index (Phi) is 11.6. The van der Waals surface area contributed by atoms with Crippen LogP contribution >= 0.6 is 0 Å². The van der Waals surface area contributed by atoms with Gasteiger partial charge in [-0.05, 0) is 13.8 Å². The van der Waals surface area contributed by atoms with E-state index in [0.717, 1.165) is 46.0 Å². The molecular weight excluding hydrogens is 580 g/mol. The largest absolute Gasteiger partial charge is 0.348 e. The van der Waals surface area contributed by atoms with Crippen LogP contribution in [0.15, 0.2) is 156 Å². The summed E-state index contributed by atoms with van der Waals surface area (Å²) in [5, 5.41) is 0. The van der Waals surface area contributed by atoms with Crippen LogP contribution in [0.2, 0.25) is 4.73 Å². The Bertz CT molecular complexity index is 1410. The number of ether oxygens (including phenoxy) is 4. The smallest absolute Gasteiger partial charge is 0.162 e. The summed E-state index contributed by atoms with van der Waals surface area (Å²) in [5.41, 5.74) is 4.49. The molecule has 4 aromatic carbocycles. The summed E-state index contributed by atoms with van der Waals surface area (Å²) in [6.45, 7) is 9.28. The molecule has 4 aromatic rings. The molecule has 2 aliphatic rings. The molecule has 5 heteroatoms. The van der Waals surface area contributed by atoms with Crippen molar-refractivity contribution in [3.63, 3.8) is 0 Å². The normalized spacial score (nSPS) is 17.0. The van der Waals surface area contributed by atoms with E-state index in [4.69, 9.17) is 18.9 Å². The molecule has 1 fully saturated rings. The Morgan fingerprint density at radius 1 is 0.705 bits per heavy atom. The molecule has 1 heterocycles. The molecule has 1 aliphatic heterocycles. The van der Waals surface area contributed by atoms with Crippen molar-refractivity contribution in [2.75, 3.05) is 13.2 Å².